The maximum absolute atomic E-state index is 12.7. The van der Waals surface area contributed by atoms with Gasteiger partial charge in [-0.15, -0.1) is 24.0 Å². The molecule has 0 radical (unpaired) electrons. The van der Waals surface area contributed by atoms with Crippen LogP contribution in [0, 0.1) is 0 Å². The first-order valence-corrected chi connectivity index (χ1v) is 10.1. The number of rotatable bonds is 10. The predicted octanol–water partition coefficient (Wildman–Crippen LogP) is 4.03. The van der Waals surface area contributed by atoms with Gasteiger partial charge >= 0.3 is 6.61 Å². The molecule has 0 saturated carbocycles. The molecule has 0 unspecified atom stereocenters. The van der Waals surface area contributed by atoms with Crippen LogP contribution in [0.1, 0.15) is 43.3 Å². The largest absolute Gasteiger partial charge is 0.497 e. The summed E-state index contributed by atoms with van der Waals surface area (Å²) in [6, 6.07) is 4.69. The van der Waals surface area contributed by atoms with Crippen molar-refractivity contribution in [1.82, 2.24) is 20.4 Å². The van der Waals surface area contributed by atoms with Crippen molar-refractivity contribution in [2.24, 2.45) is 12.0 Å². The van der Waals surface area contributed by atoms with Gasteiger partial charge in [-0.2, -0.15) is 13.9 Å². The van der Waals surface area contributed by atoms with E-state index in [-0.39, 0.29) is 36.3 Å². The molecule has 2 N–H and O–H groups in total. The monoisotopic (exact) mass is 551 g/mol. The molecule has 0 fully saturated rings. The number of benzene rings is 1. The molecule has 1 aromatic carbocycles. The second-order valence-corrected chi connectivity index (χ2v) is 6.60. The minimum absolute atomic E-state index is 0. The summed E-state index contributed by atoms with van der Waals surface area (Å²) in [5.74, 6) is 1.21. The lowest BCUT2D eigenvalue weighted by Gasteiger charge is -2.14. The van der Waals surface area contributed by atoms with Crippen LogP contribution in [-0.4, -0.2) is 36.0 Å². The second-order valence-electron chi connectivity index (χ2n) is 6.60. The van der Waals surface area contributed by atoms with E-state index in [2.05, 4.69) is 39.3 Å². The van der Waals surface area contributed by atoms with Crippen molar-refractivity contribution in [3.63, 3.8) is 0 Å². The summed E-state index contributed by atoms with van der Waals surface area (Å²) < 4.78 is 37.2. The maximum atomic E-state index is 12.7. The van der Waals surface area contributed by atoms with Crippen LogP contribution < -0.4 is 20.1 Å². The Morgan fingerprint density at radius 1 is 1.19 bits per heavy atom. The number of guanidine groups is 1. The Hall–Kier alpha value is -2.11. The Bertz CT molecular complexity index is 859. The third-order valence-corrected chi connectivity index (χ3v) is 4.70. The van der Waals surface area contributed by atoms with Gasteiger partial charge in [0.1, 0.15) is 11.5 Å². The number of nitrogens with one attached hydrogen (secondary N) is 2. The number of nitrogens with zero attached hydrogens (tertiary/aromatic N) is 3. The van der Waals surface area contributed by atoms with Gasteiger partial charge < -0.3 is 20.1 Å². The third-order valence-electron chi connectivity index (χ3n) is 4.70. The summed E-state index contributed by atoms with van der Waals surface area (Å²) in [6.07, 6.45) is 1.73. The van der Waals surface area contributed by atoms with E-state index in [1.165, 1.54) is 18.9 Å². The van der Waals surface area contributed by atoms with Crippen LogP contribution in [0.4, 0.5) is 8.78 Å². The highest BCUT2D eigenvalue weighted by atomic mass is 127. The molecule has 0 atom stereocenters. The van der Waals surface area contributed by atoms with Crippen molar-refractivity contribution in [2.45, 2.75) is 53.3 Å². The zero-order valence-corrected chi connectivity index (χ0v) is 21.0. The number of halogens is 3. The van der Waals surface area contributed by atoms with Crippen molar-refractivity contribution in [3.05, 3.63) is 40.7 Å². The summed E-state index contributed by atoms with van der Waals surface area (Å²) in [6.45, 7) is 4.64. The fraction of sp³-hybridized carbons (Fsp3) is 0.524. The van der Waals surface area contributed by atoms with Crippen molar-refractivity contribution in [2.75, 3.05) is 13.7 Å². The molecule has 2 rings (SSSR count). The van der Waals surface area contributed by atoms with Crippen LogP contribution in [0.5, 0.6) is 11.5 Å². The molecule has 174 valence electrons. The number of ether oxygens (including phenoxy) is 2. The normalized spacial score (nSPS) is 11.3. The Balaban J connectivity index is 0.00000480. The Morgan fingerprint density at radius 2 is 1.94 bits per heavy atom. The molecule has 0 bridgehead atoms. The third kappa shape index (κ3) is 7.51. The fourth-order valence-corrected chi connectivity index (χ4v) is 3.29. The molecule has 7 nitrogen and oxygen atoms in total. The van der Waals surface area contributed by atoms with Crippen LogP contribution >= 0.6 is 24.0 Å². The molecular weight excluding hydrogens is 519 g/mol. The molecule has 0 saturated heterocycles. The van der Waals surface area contributed by atoms with Gasteiger partial charge in [-0.3, -0.25) is 4.68 Å². The zero-order chi connectivity index (χ0) is 22.1. The molecular formula is C21H32F2IN5O2. The van der Waals surface area contributed by atoms with Crippen molar-refractivity contribution >= 4 is 29.9 Å². The topological polar surface area (TPSA) is 72.7 Å². The Kier molecular flexibility index (Phi) is 11.6. The first-order chi connectivity index (χ1) is 14.4. The summed E-state index contributed by atoms with van der Waals surface area (Å²) in [5, 5.41) is 11.1. The van der Waals surface area contributed by atoms with E-state index in [4.69, 9.17) is 4.74 Å². The summed E-state index contributed by atoms with van der Waals surface area (Å²) >= 11 is 0. The molecule has 1 heterocycles. The molecule has 0 aliphatic carbocycles. The average Bonchev–Trinajstić information content (AvgIpc) is 3.04. The molecule has 0 spiro atoms. The average molecular weight is 551 g/mol. The maximum Gasteiger partial charge on any atom is 0.387 e. The Labute approximate surface area is 199 Å². The summed E-state index contributed by atoms with van der Waals surface area (Å²) in [5.41, 5.74) is 3.90. The van der Waals surface area contributed by atoms with Crippen molar-refractivity contribution in [1.29, 1.82) is 0 Å². The van der Waals surface area contributed by atoms with Crippen LogP contribution in [-0.2, 0) is 33.0 Å². The highest BCUT2D eigenvalue weighted by molar-refractivity contribution is 14.0. The lowest BCUT2D eigenvalue weighted by atomic mass is 10.1. The number of aryl methyl sites for hydroxylation is 2. The van der Waals surface area contributed by atoms with Crippen LogP contribution in [0.15, 0.2) is 23.2 Å². The van der Waals surface area contributed by atoms with E-state index in [1.807, 2.05) is 18.7 Å². The van der Waals surface area contributed by atoms with E-state index < -0.39 is 6.61 Å². The van der Waals surface area contributed by atoms with E-state index in [9.17, 15) is 8.78 Å². The highest BCUT2D eigenvalue weighted by Crippen LogP contribution is 2.26. The van der Waals surface area contributed by atoms with E-state index in [0.717, 1.165) is 24.1 Å². The SMILES string of the molecule is CCNC(=NCc1cc(OC)ccc1OC(F)F)NCc1c(CC)nn(C)c1CC.I. The predicted molar refractivity (Wildman–Crippen MR) is 129 cm³/mol. The molecule has 0 aliphatic rings. The van der Waals surface area contributed by atoms with Crippen LogP contribution in [0.2, 0.25) is 0 Å². The van der Waals surface area contributed by atoms with Gasteiger partial charge in [0.05, 0.1) is 19.3 Å². The van der Waals surface area contributed by atoms with Crippen LogP contribution in [0.25, 0.3) is 0 Å². The minimum atomic E-state index is -2.90. The smallest absolute Gasteiger partial charge is 0.387 e. The van der Waals surface area contributed by atoms with Crippen LogP contribution in [0.3, 0.4) is 0 Å². The fourth-order valence-electron chi connectivity index (χ4n) is 3.29. The standard InChI is InChI=1S/C21H31F2N5O2.HI/c1-6-17-16(18(7-2)28(4)27-17)13-26-21(24-8-3)25-12-14-11-15(29-5)9-10-19(14)30-20(22)23;/h9-11,20H,6-8,12-13H2,1-5H3,(H2,24,25,26);1H. The van der Waals surface area contributed by atoms with Crippen molar-refractivity contribution < 1.29 is 18.3 Å². The van der Waals surface area contributed by atoms with Gasteiger partial charge in [-0.1, -0.05) is 13.8 Å². The number of alkyl halides is 2. The Morgan fingerprint density at radius 3 is 2.52 bits per heavy atom. The molecule has 0 amide bonds. The van der Waals surface area contributed by atoms with Gasteiger partial charge in [-0.05, 0) is 38.0 Å². The minimum Gasteiger partial charge on any atom is -0.497 e. The quantitative estimate of drug-likeness (QED) is 0.265. The number of hydrogen-bond donors (Lipinski definition) is 2. The summed E-state index contributed by atoms with van der Waals surface area (Å²) in [7, 11) is 3.47. The van der Waals surface area contributed by atoms with E-state index in [1.54, 1.807) is 12.1 Å². The molecule has 31 heavy (non-hydrogen) atoms. The van der Waals surface area contributed by atoms with Gasteiger partial charge in [0.15, 0.2) is 5.96 Å². The zero-order valence-electron chi connectivity index (χ0n) is 18.7. The first-order valence-electron chi connectivity index (χ1n) is 10.1. The summed E-state index contributed by atoms with van der Waals surface area (Å²) in [4.78, 5) is 4.55. The van der Waals surface area contributed by atoms with E-state index >= 15 is 0 Å². The molecule has 1 aromatic heterocycles. The van der Waals surface area contributed by atoms with Gasteiger partial charge in [0, 0.05) is 37.0 Å². The van der Waals surface area contributed by atoms with Gasteiger partial charge in [0.25, 0.3) is 0 Å². The number of aliphatic imine (C=N–C) groups is 1. The molecule has 10 heteroatoms. The van der Waals surface area contributed by atoms with Gasteiger partial charge in [-0.25, -0.2) is 4.99 Å². The first kappa shape index (κ1) is 26.9. The van der Waals surface area contributed by atoms with Crippen molar-refractivity contribution in [3.8, 4) is 11.5 Å². The molecule has 0 aliphatic heterocycles. The second kappa shape index (κ2) is 13.3. The lowest BCUT2D eigenvalue weighted by Crippen LogP contribution is -2.37. The molecule has 2 aromatic rings. The lowest BCUT2D eigenvalue weighted by molar-refractivity contribution is -0.0504. The highest BCUT2D eigenvalue weighted by Gasteiger charge is 2.14. The van der Waals surface area contributed by atoms with Gasteiger partial charge in [0.2, 0.25) is 0 Å². The van der Waals surface area contributed by atoms with E-state index in [0.29, 0.717) is 30.4 Å². The number of aromatic nitrogens is 2. The number of methoxy groups -OCH3 is 1. The number of hydrogen-bond acceptors (Lipinski definition) is 4.